The van der Waals surface area contributed by atoms with Crippen LogP contribution in [0.15, 0.2) is 52.5 Å². The molecule has 2 heterocycles. The van der Waals surface area contributed by atoms with Gasteiger partial charge in [0.15, 0.2) is 0 Å². The Hall–Kier alpha value is -3.33. The fourth-order valence-electron chi connectivity index (χ4n) is 3.82. The molecule has 0 aliphatic heterocycles. The maximum Gasteiger partial charge on any atom is 0.347 e. The third-order valence-corrected chi connectivity index (χ3v) is 6.12. The number of carbonyl (C=O) groups is 1. The van der Waals surface area contributed by atoms with Crippen molar-refractivity contribution in [1.29, 1.82) is 0 Å². The van der Waals surface area contributed by atoms with Crippen LogP contribution >= 0.6 is 11.9 Å². The number of urea groups is 1. The van der Waals surface area contributed by atoms with E-state index >= 15 is 0 Å². The highest BCUT2D eigenvalue weighted by molar-refractivity contribution is 7.98. The van der Waals surface area contributed by atoms with Crippen LogP contribution in [0, 0.1) is 0 Å². The number of nitrogens with one attached hydrogen (secondary N) is 2. The molecule has 0 bridgehead atoms. The number of fused-ring (bicyclic) bond motifs is 1. The zero-order chi connectivity index (χ0) is 22.7. The van der Waals surface area contributed by atoms with E-state index in [-0.39, 0.29) is 17.8 Å². The van der Waals surface area contributed by atoms with Crippen LogP contribution < -0.4 is 20.5 Å². The van der Waals surface area contributed by atoms with Gasteiger partial charge >= 0.3 is 11.7 Å². The fourth-order valence-corrected chi connectivity index (χ4v) is 4.35. The summed E-state index contributed by atoms with van der Waals surface area (Å²) in [4.78, 5) is 33.4. The molecule has 0 fully saturated rings. The number of hydrogen-bond donors (Lipinski definition) is 2. The lowest BCUT2D eigenvalue weighted by atomic mass is 9.98. The van der Waals surface area contributed by atoms with Gasteiger partial charge in [-0.25, -0.2) is 19.6 Å². The molecule has 0 radical (unpaired) electrons. The summed E-state index contributed by atoms with van der Waals surface area (Å²) in [6.45, 7) is 3.81. The van der Waals surface area contributed by atoms with E-state index in [1.807, 2.05) is 32.0 Å². The first-order valence-electron chi connectivity index (χ1n) is 10.4. The molecule has 2 aromatic heterocycles. The fraction of sp³-hybridized carbons (Fsp3) is 0.304. The number of rotatable bonds is 6. The molecule has 4 rings (SSSR count). The maximum atomic E-state index is 12.8. The van der Waals surface area contributed by atoms with Gasteiger partial charge in [-0.15, -0.1) is 0 Å². The Bertz CT molecular complexity index is 1210. The zero-order valence-corrected chi connectivity index (χ0v) is 19.0. The predicted octanol–water partition coefficient (Wildman–Crippen LogP) is 4.21. The molecular formula is C23H25N5O3S. The van der Waals surface area contributed by atoms with Crippen molar-refractivity contribution in [3.05, 3.63) is 64.5 Å². The monoisotopic (exact) mass is 451 g/mol. The van der Waals surface area contributed by atoms with Crippen LogP contribution in [0.1, 0.15) is 37.4 Å². The molecule has 2 amide bonds. The number of aromatic nitrogens is 3. The number of benzene rings is 1. The zero-order valence-electron chi connectivity index (χ0n) is 18.2. The number of ether oxygens (including phenoxy) is 1. The van der Waals surface area contributed by atoms with Gasteiger partial charge in [-0.05, 0) is 67.8 Å². The number of aryl methyl sites for hydroxylation is 1. The lowest BCUT2D eigenvalue weighted by molar-refractivity contribution is 0.257. The first-order valence-corrected chi connectivity index (χ1v) is 11.2. The van der Waals surface area contributed by atoms with Crippen LogP contribution in [0.2, 0.25) is 0 Å². The van der Waals surface area contributed by atoms with Crippen LogP contribution in [0.3, 0.4) is 0 Å². The molecule has 0 saturated heterocycles. The molecule has 0 unspecified atom stereocenters. The van der Waals surface area contributed by atoms with E-state index in [0.29, 0.717) is 10.8 Å². The third kappa shape index (κ3) is 4.62. The molecule has 1 aliphatic rings. The Morgan fingerprint density at radius 1 is 1.22 bits per heavy atom. The largest absolute Gasteiger partial charge is 0.481 e. The lowest BCUT2D eigenvalue weighted by Gasteiger charge is -2.17. The number of amides is 2. The molecule has 3 aromatic rings. The number of pyridine rings is 1. The van der Waals surface area contributed by atoms with Crippen molar-refractivity contribution in [2.45, 2.75) is 44.0 Å². The van der Waals surface area contributed by atoms with E-state index in [0.717, 1.165) is 53.6 Å². The van der Waals surface area contributed by atoms with Gasteiger partial charge in [0.2, 0.25) is 5.88 Å². The van der Waals surface area contributed by atoms with Crippen molar-refractivity contribution in [3.63, 3.8) is 0 Å². The minimum atomic E-state index is -0.347. The van der Waals surface area contributed by atoms with Gasteiger partial charge in [0.05, 0.1) is 17.7 Å². The van der Waals surface area contributed by atoms with Crippen molar-refractivity contribution in [2.24, 2.45) is 0 Å². The van der Waals surface area contributed by atoms with E-state index in [9.17, 15) is 9.59 Å². The Kier molecular flexibility index (Phi) is 6.45. The summed E-state index contributed by atoms with van der Waals surface area (Å²) in [5.74, 6) is 0.515. The first-order chi connectivity index (χ1) is 15.5. The Balaban J connectivity index is 1.57. The Morgan fingerprint density at radius 3 is 2.84 bits per heavy atom. The van der Waals surface area contributed by atoms with Gasteiger partial charge in [-0.3, -0.25) is 9.29 Å². The Morgan fingerprint density at radius 2 is 2.06 bits per heavy atom. The predicted molar refractivity (Wildman–Crippen MR) is 125 cm³/mol. The topological polar surface area (TPSA) is 98.1 Å². The SMILES string of the molecule is COc1cc(-c2ccc3c(c2NC(=O)NSc2cnc(=O)n(C(C)C)c2)CCC3)ccn1. The van der Waals surface area contributed by atoms with Crippen molar-refractivity contribution in [1.82, 2.24) is 19.3 Å². The molecule has 0 atom stereocenters. The second kappa shape index (κ2) is 9.44. The van der Waals surface area contributed by atoms with Crippen molar-refractivity contribution >= 4 is 23.7 Å². The number of anilines is 1. The van der Waals surface area contributed by atoms with Crippen LogP contribution in [-0.2, 0) is 12.8 Å². The number of nitrogens with zero attached hydrogens (tertiary/aromatic N) is 3. The summed E-state index contributed by atoms with van der Waals surface area (Å²) in [5, 5.41) is 3.04. The van der Waals surface area contributed by atoms with E-state index in [2.05, 4.69) is 26.1 Å². The molecule has 32 heavy (non-hydrogen) atoms. The average Bonchev–Trinajstić information content (AvgIpc) is 3.28. The van der Waals surface area contributed by atoms with Crippen LogP contribution in [0.4, 0.5) is 10.5 Å². The highest BCUT2D eigenvalue weighted by Gasteiger charge is 2.21. The van der Waals surface area contributed by atoms with Crippen LogP contribution in [-0.4, -0.2) is 27.7 Å². The molecule has 8 nitrogen and oxygen atoms in total. The van der Waals surface area contributed by atoms with Gasteiger partial charge in [-0.2, -0.15) is 0 Å². The standard InChI is InChI=1S/C23H25N5O3S/c1-14(2)28-13-17(12-25-23(28)30)32-27-22(29)26-21-18-6-4-5-15(18)7-8-19(21)16-9-10-24-20(11-16)31-3/h7-14H,4-6H2,1-3H3,(H2,26,27,29). The van der Waals surface area contributed by atoms with E-state index in [1.165, 1.54) is 16.3 Å². The highest BCUT2D eigenvalue weighted by Crippen LogP contribution is 2.38. The number of hydrogen-bond acceptors (Lipinski definition) is 6. The minimum Gasteiger partial charge on any atom is -0.481 e. The smallest absolute Gasteiger partial charge is 0.347 e. The molecular weight excluding hydrogens is 426 g/mol. The molecule has 2 N–H and O–H groups in total. The van der Waals surface area contributed by atoms with E-state index in [1.54, 1.807) is 19.5 Å². The molecule has 9 heteroatoms. The molecule has 1 aromatic carbocycles. The number of carbonyl (C=O) groups excluding carboxylic acids is 1. The normalized spacial score (nSPS) is 12.5. The summed E-state index contributed by atoms with van der Waals surface area (Å²) in [6, 6.07) is 7.55. The van der Waals surface area contributed by atoms with Crippen molar-refractivity contribution < 1.29 is 9.53 Å². The van der Waals surface area contributed by atoms with Gasteiger partial charge in [0, 0.05) is 36.3 Å². The summed E-state index contributed by atoms with van der Waals surface area (Å²) in [6.07, 6.45) is 7.82. The van der Waals surface area contributed by atoms with Gasteiger partial charge in [0.25, 0.3) is 0 Å². The molecule has 0 saturated carbocycles. The quantitative estimate of drug-likeness (QED) is 0.545. The summed E-state index contributed by atoms with van der Waals surface area (Å²) in [5.41, 5.74) is 4.74. The number of methoxy groups -OCH3 is 1. The second-order valence-corrected chi connectivity index (χ2v) is 8.68. The first kappa shape index (κ1) is 21.9. The van der Waals surface area contributed by atoms with E-state index in [4.69, 9.17) is 4.74 Å². The maximum absolute atomic E-state index is 12.8. The second-order valence-electron chi connectivity index (χ2n) is 7.80. The van der Waals surface area contributed by atoms with Gasteiger partial charge in [-0.1, -0.05) is 12.1 Å². The third-order valence-electron chi connectivity index (χ3n) is 5.38. The summed E-state index contributed by atoms with van der Waals surface area (Å²) < 4.78 is 9.60. The summed E-state index contributed by atoms with van der Waals surface area (Å²) >= 11 is 1.11. The highest BCUT2D eigenvalue weighted by atomic mass is 32.2. The Labute approximate surface area is 190 Å². The van der Waals surface area contributed by atoms with Gasteiger partial charge in [0.1, 0.15) is 0 Å². The molecule has 166 valence electrons. The van der Waals surface area contributed by atoms with Crippen LogP contribution in [0.25, 0.3) is 11.1 Å². The minimum absolute atomic E-state index is 0.0174. The van der Waals surface area contributed by atoms with Crippen molar-refractivity contribution in [2.75, 3.05) is 12.4 Å². The molecule has 0 spiro atoms. The van der Waals surface area contributed by atoms with Crippen molar-refractivity contribution in [3.8, 4) is 17.0 Å². The van der Waals surface area contributed by atoms with Crippen LogP contribution in [0.5, 0.6) is 5.88 Å². The molecule has 1 aliphatic carbocycles. The summed E-state index contributed by atoms with van der Waals surface area (Å²) in [7, 11) is 1.58. The average molecular weight is 452 g/mol. The lowest BCUT2D eigenvalue weighted by Crippen LogP contribution is -2.26. The van der Waals surface area contributed by atoms with Gasteiger partial charge < -0.3 is 10.1 Å². The van der Waals surface area contributed by atoms with E-state index < -0.39 is 0 Å².